The van der Waals surface area contributed by atoms with Crippen molar-refractivity contribution in [2.45, 2.75) is 18.6 Å². The first kappa shape index (κ1) is 32.3. The largest absolute Gasteiger partial charge is 0.454 e. The molecule has 0 amide bonds. The SMILES string of the molecule is CN(C)CCC=C1c2ccccc2C=Cc2ccccc21.Cl.c1cc2c(cc1C1OCC3C(c4ccc5c(c4)OCO5)OCC13)OCO2. The van der Waals surface area contributed by atoms with Gasteiger partial charge in [0.1, 0.15) is 0 Å². The highest BCUT2D eigenvalue weighted by Gasteiger charge is 2.48. The maximum Gasteiger partial charge on any atom is 0.231 e. The van der Waals surface area contributed by atoms with E-state index < -0.39 is 0 Å². The van der Waals surface area contributed by atoms with Gasteiger partial charge in [-0.25, -0.2) is 0 Å². The number of fused-ring (bicyclic) bond motifs is 5. The lowest BCUT2D eigenvalue weighted by Gasteiger charge is -2.17. The van der Waals surface area contributed by atoms with Crippen molar-refractivity contribution >= 4 is 30.1 Å². The van der Waals surface area contributed by atoms with Gasteiger partial charge in [0.2, 0.25) is 13.6 Å². The third-order valence-corrected chi connectivity index (χ3v) is 9.58. The van der Waals surface area contributed by atoms with Crippen LogP contribution in [0.5, 0.6) is 23.0 Å². The van der Waals surface area contributed by atoms with E-state index in [2.05, 4.69) is 97.9 Å². The van der Waals surface area contributed by atoms with Gasteiger partial charge in [0, 0.05) is 18.4 Å². The van der Waals surface area contributed by atoms with E-state index in [1.807, 2.05) is 24.3 Å². The minimum absolute atomic E-state index is 0. The van der Waals surface area contributed by atoms with Crippen molar-refractivity contribution in [1.82, 2.24) is 4.90 Å². The summed E-state index contributed by atoms with van der Waals surface area (Å²) >= 11 is 0. The minimum Gasteiger partial charge on any atom is -0.454 e. The quantitative estimate of drug-likeness (QED) is 0.188. The van der Waals surface area contributed by atoms with Gasteiger partial charge < -0.3 is 33.3 Å². The number of rotatable bonds is 5. The topological polar surface area (TPSA) is 58.6 Å². The Kier molecular flexibility index (Phi) is 9.46. The highest BCUT2D eigenvalue weighted by Crippen LogP contribution is 2.52. The lowest BCUT2D eigenvalue weighted by molar-refractivity contribution is 0.0192. The number of nitrogens with zero attached hydrogens (tertiary/aromatic N) is 1. The lowest BCUT2D eigenvalue weighted by atomic mass is 9.85. The molecule has 5 aliphatic rings. The molecule has 0 radical (unpaired) electrons. The molecule has 4 aromatic carbocycles. The van der Waals surface area contributed by atoms with Gasteiger partial charge in [-0.05, 0) is 83.7 Å². The van der Waals surface area contributed by atoms with E-state index in [1.54, 1.807) is 0 Å². The molecule has 48 heavy (non-hydrogen) atoms. The average Bonchev–Trinajstić information content (AvgIpc) is 3.90. The summed E-state index contributed by atoms with van der Waals surface area (Å²) in [5.74, 6) is 3.83. The number of hydrogen-bond acceptors (Lipinski definition) is 7. The summed E-state index contributed by atoms with van der Waals surface area (Å²) in [5.41, 5.74) is 8.85. The van der Waals surface area contributed by atoms with Crippen LogP contribution in [0.1, 0.15) is 52.0 Å². The van der Waals surface area contributed by atoms with Gasteiger partial charge in [0.15, 0.2) is 23.0 Å². The van der Waals surface area contributed by atoms with Gasteiger partial charge in [-0.1, -0.05) is 78.9 Å². The molecule has 4 heterocycles. The molecule has 0 saturated carbocycles. The summed E-state index contributed by atoms with van der Waals surface area (Å²) in [6.07, 6.45) is 7.93. The maximum atomic E-state index is 6.18. The molecular formula is C40H40ClNO6. The van der Waals surface area contributed by atoms with Gasteiger partial charge >= 0.3 is 0 Å². The number of ether oxygens (including phenoxy) is 6. The maximum absolute atomic E-state index is 6.18. The number of halogens is 1. The Labute approximate surface area is 288 Å². The van der Waals surface area contributed by atoms with Gasteiger partial charge in [0.05, 0.1) is 25.4 Å². The fraction of sp³-hybridized carbons (Fsp3) is 0.300. The van der Waals surface area contributed by atoms with Crippen LogP contribution < -0.4 is 18.9 Å². The summed E-state index contributed by atoms with van der Waals surface area (Å²) < 4.78 is 34.2. The van der Waals surface area contributed by atoms with Crippen molar-refractivity contribution in [3.05, 3.63) is 124 Å². The summed E-state index contributed by atoms with van der Waals surface area (Å²) in [7, 11) is 4.24. The summed E-state index contributed by atoms with van der Waals surface area (Å²) in [6, 6.07) is 29.4. The van der Waals surface area contributed by atoms with Crippen LogP contribution in [0.3, 0.4) is 0 Å². The average molecular weight is 666 g/mol. The van der Waals surface area contributed by atoms with Crippen LogP contribution in [-0.4, -0.2) is 52.3 Å². The Morgan fingerprint density at radius 3 is 1.60 bits per heavy atom. The third kappa shape index (κ3) is 6.31. The van der Waals surface area contributed by atoms with Gasteiger partial charge in [-0.15, -0.1) is 12.4 Å². The van der Waals surface area contributed by atoms with E-state index in [-0.39, 0.29) is 38.2 Å². The third-order valence-electron chi connectivity index (χ3n) is 9.58. The lowest BCUT2D eigenvalue weighted by Crippen LogP contribution is -2.14. The van der Waals surface area contributed by atoms with Crippen LogP contribution >= 0.6 is 12.4 Å². The second-order valence-corrected chi connectivity index (χ2v) is 12.8. The smallest absolute Gasteiger partial charge is 0.231 e. The molecule has 4 aliphatic heterocycles. The van der Waals surface area contributed by atoms with Crippen molar-refractivity contribution in [2.75, 3.05) is 47.4 Å². The van der Waals surface area contributed by atoms with Crippen LogP contribution in [0.2, 0.25) is 0 Å². The molecule has 2 fully saturated rings. The Bertz CT molecular complexity index is 1710. The molecule has 4 unspecified atom stereocenters. The van der Waals surface area contributed by atoms with Crippen molar-refractivity contribution in [2.24, 2.45) is 11.8 Å². The molecule has 7 nitrogen and oxygen atoms in total. The highest BCUT2D eigenvalue weighted by molar-refractivity contribution is 5.93. The predicted octanol–water partition coefficient (Wildman–Crippen LogP) is 8.19. The molecule has 1 aliphatic carbocycles. The van der Waals surface area contributed by atoms with E-state index in [4.69, 9.17) is 28.4 Å². The van der Waals surface area contributed by atoms with E-state index in [0.717, 1.165) is 47.1 Å². The Morgan fingerprint density at radius 1 is 0.625 bits per heavy atom. The highest BCUT2D eigenvalue weighted by atomic mass is 35.5. The summed E-state index contributed by atoms with van der Waals surface area (Å²) in [6.45, 7) is 3.00. The molecule has 0 spiro atoms. The van der Waals surface area contributed by atoms with Crippen molar-refractivity contribution < 1.29 is 28.4 Å². The second-order valence-electron chi connectivity index (χ2n) is 12.8. The van der Waals surface area contributed by atoms with Gasteiger partial charge in [-0.3, -0.25) is 0 Å². The molecule has 0 N–H and O–H groups in total. The molecule has 4 atom stereocenters. The van der Waals surface area contributed by atoms with Crippen molar-refractivity contribution in [3.63, 3.8) is 0 Å². The molecule has 2 saturated heterocycles. The number of hydrogen-bond donors (Lipinski definition) is 0. The van der Waals surface area contributed by atoms with Crippen LogP contribution in [0.25, 0.3) is 17.7 Å². The molecule has 8 heteroatoms. The fourth-order valence-corrected chi connectivity index (χ4v) is 7.20. The molecule has 0 aromatic heterocycles. The normalized spacial score (nSPS) is 22.2. The minimum atomic E-state index is 0. The number of benzene rings is 4. The molecule has 0 bridgehead atoms. The first-order valence-electron chi connectivity index (χ1n) is 16.4. The molecule has 9 rings (SSSR count). The van der Waals surface area contributed by atoms with Crippen molar-refractivity contribution in [3.8, 4) is 23.0 Å². The van der Waals surface area contributed by atoms with Crippen LogP contribution in [0.15, 0.2) is 91.0 Å². The predicted molar refractivity (Wildman–Crippen MR) is 189 cm³/mol. The van der Waals surface area contributed by atoms with Gasteiger partial charge in [-0.2, -0.15) is 0 Å². The molecular weight excluding hydrogens is 626 g/mol. The zero-order valence-corrected chi connectivity index (χ0v) is 28.0. The van der Waals surface area contributed by atoms with Crippen LogP contribution in [0.4, 0.5) is 0 Å². The van der Waals surface area contributed by atoms with E-state index in [1.165, 1.54) is 27.8 Å². The monoisotopic (exact) mass is 665 g/mol. The van der Waals surface area contributed by atoms with Crippen LogP contribution in [0, 0.1) is 11.8 Å². The first-order valence-corrected chi connectivity index (χ1v) is 16.4. The van der Waals surface area contributed by atoms with E-state index in [9.17, 15) is 0 Å². The Hall–Kier alpha value is -4.27. The molecule has 4 aromatic rings. The van der Waals surface area contributed by atoms with Gasteiger partial charge in [0.25, 0.3) is 0 Å². The molecule has 248 valence electrons. The van der Waals surface area contributed by atoms with E-state index >= 15 is 0 Å². The first-order chi connectivity index (χ1) is 23.1. The fourth-order valence-electron chi connectivity index (χ4n) is 7.20. The Morgan fingerprint density at radius 2 is 1.10 bits per heavy atom. The van der Waals surface area contributed by atoms with E-state index in [0.29, 0.717) is 25.0 Å². The second kappa shape index (κ2) is 14.1. The zero-order valence-electron chi connectivity index (χ0n) is 27.2. The van der Waals surface area contributed by atoms with Crippen LogP contribution in [-0.2, 0) is 9.47 Å². The Balaban J connectivity index is 0.000000153. The summed E-state index contributed by atoms with van der Waals surface area (Å²) in [4.78, 5) is 2.23. The zero-order chi connectivity index (χ0) is 31.7. The van der Waals surface area contributed by atoms with Crippen molar-refractivity contribution in [1.29, 1.82) is 0 Å². The summed E-state index contributed by atoms with van der Waals surface area (Å²) in [5, 5.41) is 0. The standard InChI is InChI=1S/C20H21N.C20H18O6.ClH/c1-21(2)15-7-12-20-18-10-5-3-8-16(18)13-14-17-9-4-6-11-19(17)20;1-3-15-17(25-9-23-15)5-11(1)19-13-7-22-20(14(13)8-21-19)12-2-4-16-18(6-12)26-10-24-16;/h3-6,8-14H,7,15H2,1-2H3;1-6,13-14,19-20H,7-10H2;1H.